The second-order valence-corrected chi connectivity index (χ2v) is 20.3. The van der Waals surface area contributed by atoms with Crippen molar-refractivity contribution in [2.24, 2.45) is 63.1 Å². The number of aliphatic carboxylic acids is 1. The Kier molecular flexibility index (Phi) is 7.86. The first kappa shape index (κ1) is 32.2. The number of aldehydes is 1. The number of hydrogen-bond acceptors (Lipinski definition) is 5. The number of fused-ring (bicyclic) bond motifs is 7. The Labute approximate surface area is 280 Å². The van der Waals surface area contributed by atoms with Crippen molar-refractivity contribution < 1.29 is 18.9 Å². The van der Waals surface area contributed by atoms with Crippen molar-refractivity contribution in [3.8, 4) is 0 Å². The fourth-order valence-corrected chi connectivity index (χ4v) is 15.9. The van der Waals surface area contributed by atoms with Crippen LogP contribution in [0.3, 0.4) is 0 Å². The smallest absolute Gasteiger partial charge is 0.316 e. The summed E-state index contributed by atoms with van der Waals surface area (Å²) in [6, 6.07) is 0. The van der Waals surface area contributed by atoms with Gasteiger partial charge in [0.05, 0.1) is 0 Å². The third kappa shape index (κ3) is 4.69. The Morgan fingerprint density at radius 2 is 1.74 bits per heavy atom. The molecule has 8 rings (SSSR count). The molecule has 5 unspecified atom stereocenters. The molecule has 0 radical (unpaired) electrons. The molecule has 256 valence electrons. The van der Waals surface area contributed by atoms with Crippen molar-refractivity contribution >= 4 is 23.1 Å². The number of rotatable bonds is 7. The molecule has 1 spiro atoms. The summed E-state index contributed by atoms with van der Waals surface area (Å²) in [7, 11) is -0.595. The lowest BCUT2D eigenvalue weighted by Crippen LogP contribution is -2.63. The highest BCUT2D eigenvalue weighted by Crippen LogP contribution is 2.73. The average Bonchev–Trinajstić information content (AvgIpc) is 3.42. The van der Waals surface area contributed by atoms with Gasteiger partial charge < -0.3 is 20.1 Å². The van der Waals surface area contributed by atoms with E-state index in [1.54, 1.807) is 5.57 Å². The number of nitrogens with zero attached hydrogens (tertiary/aromatic N) is 1. The summed E-state index contributed by atoms with van der Waals surface area (Å²) in [5.41, 5.74) is 1.88. The summed E-state index contributed by atoms with van der Waals surface area (Å²) in [6.45, 7) is 12.2. The number of hydrogen-bond donors (Lipinski definition) is 2. The molecular weight excluding hydrogens is 593 g/mol. The molecular formula is C39H60N2O4S. The highest BCUT2D eigenvalue weighted by Gasteiger charge is 2.67. The van der Waals surface area contributed by atoms with Crippen molar-refractivity contribution in [2.75, 3.05) is 37.7 Å². The maximum Gasteiger partial charge on any atom is 0.316 e. The molecule has 0 bridgehead atoms. The molecule has 7 fully saturated rings. The highest BCUT2D eigenvalue weighted by atomic mass is 32.2. The molecule has 7 heteroatoms. The Morgan fingerprint density at radius 1 is 1.00 bits per heavy atom. The Bertz CT molecular complexity index is 1290. The minimum Gasteiger partial charge on any atom is -0.481 e. The second kappa shape index (κ2) is 11.2. The van der Waals surface area contributed by atoms with Crippen molar-refractivity contribution in [1.82, 2.24) is 10.2 Å². The molecule has 1 heterocycles. The van der Waals surface area contributed by atoms with Crippen LogP contribution in [0.15, 0.2) is 11.6 Å². The standard InChI is InChI=1S/C39H60N2O4S/c1-26-28(27-21-37(22-27)23-38(24-37,25-42)34(43)44)8-12-35(2)30(26)9-13-36(3)31-10-14-39(40-15-16-41-17-19-46(45)20-18-41)11-4-5-32(39)29(31)6-7-33(35)36/h8,25-27,29-33,40H,4-7,9-24H2,1-3H3,(H,43,44)/t26?,27?,29-,30?,31?,32+,33?,35-,36-,37?,38?,39?/m0/s1. The van der Waals surface area contributed by atoms with Crippen molar-refractivity contribution in [1.29, 1.82) is 0 Å². The van der Waals surface area contributed by atoms with E-state index in [-0.39, 0.29) is 5.41 Å². The maximum absolute atomic E-state index is 11.8. The molecule has 6 nitrogen and oxygen atoms in total. The topological polar surface area (TPSA) is 86.7 Å². The lowest BCUT2D eigenvalue weighted by molar-refractivity contribution is -0.181. The number of carbonyl (C=O) groups is 2. The zero-order valence-electron chi connectivity index (χ0n) is 28.9. The van der Waals surface area contributed by atoms with Gasteiger partial charge in [0.15, 0.2) is 0 Å². The minimum absolute atomic E-state index is 0.106. The van der Waals surface area contributed by atoms with Crippen LogP contribution >= 0.6 is 0 Å². The van der Waals surface area contributed by atoms with E-state index in [0.717, 1.165) is 80.1 Å². The number of carboxylic acids is 1. The molecule has 6 saturated carbocycles. The van der Waals surface area contributed by atoms with E-state index in [0.29, 0.717) is 47.3 Å². The number of carbonyl (C=O) groups excluding carboxylic acids is 1. The summed E-state index contributed by atoms with van der Waals surface area (Å²) in [6.07, 6.45) is 20.5. The molecule has 1 saturated heterocycles. The first-order valence-corrected chi connectivity index (χ1v) is 20.7. The molecule has 9 atom stereocenters. The summed E-state index contributed by atoms with van der Waals surface area (Å²) in [5, 5.41) is 13.8. The minimum atomic E-state index is -1.10. The largest absolute Gasteiger partial charge is 0.481 e. The number of nitrogens with one attached hydrogen (secondary N) is 1. The molecule has 46 heavy (non-hydrogen) atoms. The molecule has 7 aliphatic carbocycles. The SMILES string of the molecule is CC1C(C2CC3(C2)CC(C=O)(C(=O)O)C3)=CC[C@@]2(C)C1CC[C@@]1(C)C3CCC4(NCCN5CCS(=O)CC5)CCC[C@@H]4[C@H]3CCC21. The van der Waals surface area contributed by atoms with Crippen LogP contribution in [0.5, 0.6) is 0 Å². The molecule has 0 aromatic heterocycles. The van der Waals surface area contributed by atoms with E-state index >= 15 is 0 Å². The van der Waals surface area contributed by atoms with E-state index in [9.17, 15) is 18.9 Å². The maximum atomic E-state index is 11.8. The monoisotopic (exact) mass is 652 g/mol. The predicted octanol–water partition coefficient (Wildman–Crippen LogP) is 6.46. The summed E-state index contributed by atoms with van der Waals surface area (Å²) < 4.78 is 11.8. The van der Waals surface area contributed by atoms with E-state index < -0.39 is 22.2 Å². The lowest BCUT2D eigenvalue weighted by atomic mass is 9.37. The fraction of sp³-hybridized carbons (Fsp3) is 0.897. The summed E-state index contributed by atoms with van der Waals surface area (Å²) in [4.78, 5) is 25.9. The van der Waals surface area contributed by atoms with Crippen LogP contribution in [0, 0.1) is 63.1 Å². The quantitative estimate of drug-likeness (QED) is 0.187. The Hall–Kier alpha value is -1.05. The van der Waals surface area contributed by atoms with Gasteiger partial charge in [-0.2, -0.15) is 0 Å². The van der Waals surface area contributed by atoms with Crippen LogP contribution in [-0.2, 0) is 20.4 Å². The Morgan fingerprint density at radius 3 is 2.46 bits per heavy atom. The van der Waals surface area contributed by atoms with Crippen LogP contribution in [0.1, 0.15) is 111 Å². The Balaban J connectivity index is 0.932. The highest BCUT2D eigenvalue weighted by molar-refractivity contribution is 7.85. The lowest BCUT2D eigenvalue weighted by Gasteiger charge is -2.68. The zero-order chi connectivity index (χ0) is 32.1. The molecule has 0 amide bonds. The predicted molar refractivity (Wildman–Crippen MR) is 183 cm³/mol. The van der Waals surface area contributed by atoms with Crippen molar-refractivity contribution in [2.45, 2.75) is 116 Å². The van der Waals surface area contributed by atoms with E-state index in [4.69, 9.17) is 0 Å². The first-order valence-electron chi connectivity index (χ1n) is 19.2. The van der Waals surface area contributed by atoms with Gasteiger partial charge in [0.1, 0.15) is 11.7 Å². The molecule has 0 aromatic rings. The van der Waals surface area contributed by atoms with E-state index in [2.05, 4.69) is 37.1 Å². The van der Waals surface area contributed by atoms with Gasteiger partial charge in [0.25, 0.3) is 0 Å². The van der Waals surface area contributed by atoms with E-state index in [1.807, 2.05) is 0 Å². The van der Waals surface area contributed by atoms with E-state index in [1.165, 1.54) is 64.2 Å². The molecule has 1 aliphatic heterocycles. The van der Waals surface area contributed by atoms with Crippen LogP contribution in [0.25, 0.3) is 0 Å². The summed E-state index contributed by atoms with van der Waals surface area (Å²) >= 11 is 0. The van der Waals surface area contributed by atoms with Gasteiger partial charge in [-0.15, -0.1) is 0 Å². The average molecular weight is 653 g/mol. The third-order valence-corrected chi connectivity index (χ3v) is 18.1. The van der Waals surface area contributed by atoms with Gasteiger partial charge in [-0.05, 0) is 141 Å². The van der Waals surface area contributed by atoms with Crippen molar-refractivity contribution in [3.63, 3.8) is 0 Å². The van der Waals surface area contributed by atoms with Gasteiger partial charge in [-0.1, -0.05) is 38.8 Å². The van der Waals surface area contributed by atoms with Gasteiger partial charge in [-0.25, -0.2) is 0 Å². The number of allylic oxidation sites excluding steroid dienone is 2. The fourth-order valence-electron chi connectivity index (χ4n) is 14.8. The normalized spacial score (nSPS) is 51.9. The summed E-state index contributed by atoms with van der Waals surface area (Å²) in [5.74, 6) is 6.18. The molecule has 2 N–H and O–H groups in total. The third-order valence-electron chi connectivity index (χ3n) is 16.8. The molecule has 0 aromatic carbocycles. The van der Waals surface area contributed by atoms with Gasteiger partial charge in [0.2, 0.25) is 0 Å². The van der Waals surface area contributed by atoms with Crippen LogP contribution in [-0.4, -0.2) is 69.7 Å². The van der Waals surface area contributed by atoms with Gasteiger partial charge in [0, 0.05) is 54.0 Å². The first-order chi connectivity index (χ1) is 22.0. The van der Waals surface area contributed by atoms with Crippen molar-refractivity contribution in [3.05, 3.63) is 11.6 Å². The van der Waals surface area contributed by atoms with Gasteiger partial charge >= 0.3 is 5.97 Å². The van der Waals surface area contributed by atoms with Crippen LogP contribution < -0.4 is 5.32 Å². The van der Waals surface area contributed by atoms with Gasteiger partial charge in [-0.3, -0.25) is 9.00 Å². The molecule has 8 aliphatic rings. The second-order valence-electron chi connectivity index (χ2n) is 18.6. The zero-order valence-corrected chi connectivity index (χ0v) is 29.7. The van der Waals surface area contributed by atoms with Crippen LogP contribution in [0.4, 0.5) is 0 Å². The number of carboxylic acid groups (broad SMARTS) is 1. The van der Waals surface area contributed by atoms with Crippen LogP contribution in [0.2, 0.25) is 0 Å².